The number of amidine groups is 1. The topological polar surface area (TPSA) is 66.4 Å². The van der Waals surface area contributed by atoms with E-state index in [1.807, 2.05) is 42.5 Å². The fraction of sp³-hybridized carbons (Fsp3) is 0.192. The minimum absolute atomic E-state index is 0.375. The molecule has 4 aromatic rings. The van der Waals surface area contributed by atoms with Gasteiger partial charge in [0, 0.05) is 6.54 Å². The number of para-hydroxylation sites is 1. The molecule has 1 aromatic heterocycles. The Kier molecular flexibility index (Phi) is 7.75. The Balaban J connectivity index is 1.29. The Labute approximate surface area is 203 Å². The zero-order chi connectivity index (χ0) is 23.0. The summed E-state index contributed by atoms with van der Waals surface area (Å²) in [4.78, 5) is 20.6. The third-order valence-corrected chi connectivity index (χ3v) is 6.47. The van der Waals surface area contributed by atoms with E-state index in [9.17, 15) is 4.79 Å². The van der Waals surface area contributed by atoms with Crippen LogP contribution in [-0.4, -0.2) is 29.0 Å². The second kappa shape index (κ2) is 11.1. The number of anilines is 1. The Morgan fingerprint density at radius 1 is 1.06 bits per heavy atom. The summed E-state index contributed by atoms with van der Waals surface area (Å²) in [6.45, 7) is 2.89. The van der Waals surface area contributed by atoms with Crippen LogP contribution < -0.4 is 10.6 Å². The molecule has 4 rings (SSSR count). The number of nitrogens with zero attached hydrogens (tertiary/aromatic N) is 2. The number of carbonyl (C=O) groups excluding carboxylic acids is 1. The van der Waals surface area contributed by atoms with Crippen molar-refractivity contribution in [2.75, 3.05) is 11.9 Å². The number of benzene rings is 3. The summed E-state index contributed by atoms with van der Waals surface area (Å²) < 4.78 is 1.21. The number of hydrogen-bond acceptors (Lipinski definition) is 5. The van der Waals surface area contributed by atoms with E-state index >= 15 is 0 Å². The number of aldehydes is 1. The number of aliphatic imine (C=N–C) groups is 1. The molecule has 0 amide bonds. The Bertz CT molecular complexity index is 1240. The van der Waals surface area contributed by atoms with Gasteiger partial charge in [0.15, 0.2) is 10.3 Å². The largest absolute Gasteiger partial charge is 0.361 e. The van der Waals surface area contributed by atoms with Crippen molar-refractivity contribution in [1.82, 2.24) is 10.3 Å². The van der Waals surface area contributed by atoms with E-state index < -0.39 is 0 Å². The van der Waals surface area contributed by atoms with Gasteiger partial charge in [0.1, 0.15) is 6.29 Å². The van der Waals surface area contributed by atoms with Crippen molar-refractivity contribution in [3.05, 3.63) is 89.5 Å². The van der Waals surface area contributed by atoms with Gasteiger partial charge in [-0.2, -0.15) is 0 Å². The molecule has 2 N–H and O–H groups in total. The molecule has 0 saturated carbocycles. The lowest BCUT2D eigenvalue weighted by molar-refractivity contribution is -0.109. The number of aryl methyl sites for hydroxylation is 1. The third-order valence-electron chi connectivity index (χ3n) is 5.26. The first-order valence-electron chi connectivity index (χ1n) is 10.8. The predicted molar refractivity (Wildman–Crippen MR) is 142 cm³/mol. The average molecular weight is 475 g/mol. The number of thiol groups is 1. The molecule has 168 valence electrons. The first kappa shape index (κ1) is 23.0. The van der Waals surface area contributed by atoms with E-state index in [1.165, 1.54) is 15.8 Å². The average Bonchev–Trinajstić information content (AvgIpc) is 3.25. The smallest absolute Gasteiger partial charge is 0.183 e. The molecule has 0 bridgehead atoms. The van der Waals surface area contributed by atoms with Crippen LogP contribution in [0.2, 0.25) is 0 Å². The molecular formula is C26H26N4OS2. The van der Waals surface area contributed by atoms with Crippen molar-refractivity contribution in [3.8, 4) is 0 Å². The van der Waals surface area contributed by atoms with E-state index in [0.717, 1.165) is 41.2 Å². The van der Waals surface area contributed by atoms with Crippen LogP contribution in [0.5, 0.6) is 0 Å². The zero-order valence-electron chi connectivity index (χ0n) is 18.4. The molecule has 0 aliphatic carbocycles. The van der Waals surface area contributed by atoms with Gasteiger partial charge in [-0.3, -0.25) is 0 Å². The quantitative estimate of drug-likeness (QED) is 0.128. The fourth-order valence-electron chi connectivity index (χ4n) is 3.53. The Hall–Kier alpha value is -3.16. The number of carbonyl (C=O) groups is 1. The summed E-state index contributed by atoms with van der Waals surface area (Å²) in [6.07, 6.45) is 2.36. The van der Waals surface area contributed by atoms with Crippen LogP contribution >= 0.6 is 24.0 Å². The lowest BCUT2D eigenvalue weighted by atomic mass is 10.1. The lowest BCUT2D eigenvalue weighted by Gasteiger charge is -2.13. The SMILES string of the molecule is Cc1cccc2sc(NCCc3ccc(/N=C(\S)N[C@H](C=O)Cc4ccccc4)cc3)nc12. The number of aromatic nitrogens is 1. The van der Waals surface area contributed by atoms with Gasteiger partial charge in [0.05, 0.1) is 21.9 Å². The van der Waals surface area contributed by atoms with Crippen LogP contribution in [0, 0.1) is 6.92 Å². The minimum Gasteiger partial charge on any atom is -0.361 e. The van der Waals surface area contributed by atoms with Crippen molar-refractivity contribution in [1.29, 1.82) is 0 Å². The number of fused-ring (bicyclic) bond motifs is 1. The number of thiazole rings is 1. The van der Waals surface area contributed by atoms with Crippen LogP contribution in [0.15, 0.2) is 77.8 Å². The summed E-state index contributed by atoms with van der Waals surface area (Å²) >= 11 is 6.10. The molecular weight excluding hydrogens is 448 g/mol. The van der Waals surface area contributed by atoms with E-state index in [2.05, 4.69) is 65.5 Å². The van der Waals surface area contributed by atoms with Gasteiger partial charge in [-0.1, -0.05) is 65.9 Å². The maximum atomic E-state index is 11.5. The van der Waals surface area contributed by atoms with E-state index in [0.29, 0.717) is 11.6 Å². The van der Waals surface area contributed by atoms with Crippen molar-refractivity contribution in [2.45, 2.75) is 25.8 Å². The van der Waals surface area contributed by atoms with Gasteiger partial charge in [-0.15, -0.1) is 12.6 Å². The molecule has 0 aliphatic heterocycles. The molecule has 5 nitrogen and oxygen atoms in total. The molecule has 3 aromatic carbocycles. The monoisotopic (exact) mass is 474 g/mol. The maximum absolute atomic E-state index is 11.5. The molecule has 0 saturated heterocycles. The molecule has 0 radical (unpaired) electrons. The maximum Gasteiger partial charge on any atom is 0.183 e. The van der Waals surface area contributed by atoms with Crippen LogP contribution in [0.25, 0.3) is 10.2 Å². The molecule has 0 aliphatic rings. The molecule has 0 fully saturated rings. The van der Waals surface area contributed by atoms with Crippen molar-refractivity contribution >= 4 is 56.5 Å². The van der Waals surface area contributed by atoms with Crippen molar-refractivity contribution < 1.29 is 4.79 Å². The molecule has 0 spiro atoms. The van der Waals surface area contributed by atoms with Crippen LogP contribution in [-0.2, 0) is 17.6 Å². The molecule has 1 heterocycles. The van der Waals surface area contributed by atoms with Crippen molar-refractivity contribution in [3.63, 3.8) is 0 Å². The van der Waals surface area contributed by atoms with Gasteiger partial charge >= 0.3 is 0 Å². The summed E-state index contributed by atoms with van der Waals surface area (Å²) in [7, 11) is 0. The fourth-order valence-corrected chi connectivity index (χ4v) is 4.78. The highest BCUT2D eigenvalue weighted by atomic mass is 32.1. The van der Waals surface area contributed by atoms with Crippen LogP contribution in [0.1, 0.15) is 16.7 Å². The van der Waals surface area contributed by atoms with Gasteiger partial charge in [-0.05, 0) is 54.7 Å². The number of hydrogen-bond donors (Lipinski definition) is 3. The normalized spacial score (nSPS) is 12.5. The zero-order valence-corrected chi connectivity index (χ0v) is 20.1. The lowest BCUT2D eigenvalue weighted by Crippen LogP contribution is -2.35. The van der Waals surface area contributed by atoms with Gasteiger partial charge in [0.2, 0.25) is 0 Å². The first-order chi connectivity index (χ1) is 16.1. The Morgan fingerprint density at radius 2 is 1.85 bits per heavy atom. The first-order valence-corrected chi connectivity index (χ1v) is 12.1. The van der Waals surface area contributed by atoms with Gasteiger partial charge in [0.25, 0.3) is 0 Å². The summed E-state index contributed by atoms with van der Waals surface area (Å²) in [5, 5.41) is 7.88. The van der Waals surface area contributed by atoms with E-state index in [1.54, 1.807) is 11.3 Å². The van der Waals surface area contributed by atoms with Crippen molar-refractivity contribution in [2.24, 2.45) is 4.99 Å². The standard InChI is InChI=1S/C26H26N4OS2/c1-18-6-5-9-23-24(18)30-26(33-23)27-15-14-19-10-12-21(13-11-19)28-25(32)29-22(17-31)16-20-7-3-2-4-8-20/h2-13,17,22H,14-16H2,1H3,(H,27,30)(H2,28,29,32)/t22-/m0/s1. The molecule has 7 heteroatoms. The Morgan fingerprint density at radius 3 is 2.58 bits per heavy atom. The summed E-state index contributed by atoms with van der Waals surface area (Å²) in [6, 6.07) is 23.8. The third kappa shape index (κ3) is 6.43. The van der Waals surface area contributed by atoms with Crippen LogP contribution in [0.3, 0.4) is 0 Å². The molecule has 33 heavy (non-hydrogen) atoms. The van der Waals surface area contributed by atoms with E-state index in [4.69, 9.17) is 4.98 Å². The summed E-state index contributed by atoms with van der Waals surface area (Å²) in [5.41, 5.74) is 5.36. The predicted octanol–water partition coefficient (Wildman–Crippen LogP) is 5.58. The van der Waals surface area contributed by atoms with Gasteiger partial charge in [-0.25, -0.2) is 9.98 Å². The summed E-state index contributed by atoms with van der Waals surface area (Å²) in [5.74, 6) is 0. The minimum atomic E-state index is -0.375. The second-order valence-corrected chi connectivity index (χ2v) is 9.25. The highest BCUT2D eigenvalue weighted by Crippen LogP contribution is 2.27. The molecule has 1 atom stereocenters. The molecule has 0 unspecified atom stereocenters. The number of rotatable bonds is 9. The second-order valence-electron chi connectivity index (χ2n) is 7.80. The van der Waals surface area contributed by atoms with Gasteiger partial charge < -0.3 is 15.4 Å². The number of nitrogens with one attached hydrogen (secondary N) is 2. The highest BCUT2D eigenvalue weighted by Gasteiger charge is 2.09. The van der Waals surface area contributed by atoms with E-state index in [-0.39, 0.29) is 6.04 Å². The van der Waals surface area contributed by atoms with Crippen LogP contribution in [0.4, 0.5) is 10.8 Å². The highest BCUT2D eigenvalue weighted by molar-refractivity contribution is 7.96.